The summed E-state index contributed by atoms with van der Waals surface area (Å²) in [5.41, 5.74) is 1.42. The normalized spacial score (nSPS) is 17.0. The summed E-state index contributed by atoms with van der Waals surface area (Å²) < 4.78 is 0. The molecule has 1 fully saturated rings. The predicted molar refractivity (Wildman–Crippen MR) is 96.3 cm³/mol. The minimum Gasteiger partial charge on any atom is -0.355 e. The van der Waals surface area contributed by atoms with E-state index >= 15 is 0 Å². The molecule has 2 aromatic rings. The highest BCUT2D eigenvalue weighted by atomic mass is 16.2. The van der Waals surface area contributed by atoms with Crippen molar-refractivity contribution in [2.24, 2.45) is 5.92 Å². The fourth-order valence-corrected chi connectivity index (χ4v) is 2.94. The molecule has 7 nitrogen and oxygen atoms in total. The van der Waals surface area contributed by atoms with Crippen molar-refractivity contribution in [1.82, 2.24) is 9.97 Å². The van der Waals surface area contributed by atoms with Gasteiger partial charge in [-0.1, -0.05) is 0 Å². The van der Waals surface area contributed by atoms with Crippen LogP contribution < -0.4 is 15.5 Å². The van der Waals surface area contributed by atoms with Crippen molar-refractivity contribution < 1.29 is 9.59 Å². The fraction of sp³-hybridized carbons (Fsp3) is 0.333. The SMILES string of the molecule is CC(=O)Nc1ccc(NC(=O)[C@H]2CCCN(c3cnccn3)C2)cc1. The van der Waals surface area contributed by atoms with E-state index in [-0.39, 0.29) is 17.7 Å². The molecule has 0 bridgehead atoms. The number of carbonyl (C=O) groups is 2. The Labute approximate surface area is 146 Å². The number of aromatic nitrogens is 2. The second-order valence-corrected chi connectivity index (χ2v) is 6.10. The zero-order valence-corrected chi connectivity index (χ0v) is 14.1. The molecule has 3 rings (SSSR count). The molecule has 0 aliphatic carbocycles. The number of amides is 2. The molecule has 0 spiro atoms. The standard InChI is InChI=1S/C18H21N5O2/c1-13(24)21-15-4-6-16(7-5-15)22-18(25)14-3-2-10-23(12-14)17-11-19-8-9-20-17/h4-9,11,14H,2-3,10,12H2,1H3,(H,21,24)(H,22,25)/t14-/m0/s1. The average molecular weight is 339 g/mol. The van der Waals surface area contributed by atoms with Gasteiger partial charge in [-0.3, -0.25) is 14.6 Å². The highest BCUT2D eigenvalue weighted by Crippen LogP contribution is 2.22. The van der Waals surface area contributed by atoms with Crippen LogP contribution in [0, 0.1) is 5.92 Å². The van der Waals surface area contributed by atoms with E-state index in [1.54, 1.807) is 42.9 Å². The second-order valence-electron chi connectivity index (χ2n) is 6.10. The van der Waals surface area contributed by atoms with Crippen LogP contribution in [-0.4, -0.2) is 34.9 Å². The lowest BCUT2D eigenvalue weighted by molar-refractivity contribution is -0.120. The number of hydrogen-bond donors (Lipinski definition) is 2. The van der Waals surface area contributed by atoms with Crippen LogP contribution in [-0.2, 0) is 9.59 Å². The van der Waals surface area contributed by atoms with Crippen LogP contribution in [0.1, 0.15) is 19.8 Å². The van der Waals surface area contributed by atoms with Gasteiger partial charge in [0.15, 0.2) is 0 Å². The van der Waals surface area contributed by atoms with Gasteiger partial charge in [0.2, 0.25) is 11.8 Å². The molecule has 0 saturated carbocycles. The van der Waals surface area contributed by atoms with E-state index in [4.69, 9.17) is 0 Å². The van der Waals surface area contributed by atoms with E-state index in [0.717, 1.165) is 30.9 Å². The van der Waals surface area contributed by atoms with Crippen molar-refractivity contribution in [2.75, 3.05) is 28.6 Å². The molecule has 7 heteroatoms. The summed E-state index contributed by atoms with van der Waals surface area (Å²) in [5.74, 6) is 0.592. The van der Waals surface area contributed by atoms with Gasteiger partial charge in [0.1, 0.15) is 5.82 Å². The molecule has 2 N–H and O–H groups in total. The minimum atomic E-state index is -0.122. The van der Waals surface area contributed by atoms with Crippen LogP contribution in [0.15, 0.2) is 42.9 Å². The first-order valence-electron chi connectivity index (χ1n) is 8.31. The third-order valence-electron chi connectivity index (χ3n) is 4.14. The summed E-state index contributed by atoms with van der Waals surface area (Å²) in [4.78, 5) is 34.1. The van der Waals surface area contributed by atoms with Gasteiger partial charge >= 0.3 is 0 Å². The predicted octanol–water partition coefficient (Wildman–Crippen LogP) is 2.29. The number of nitrogens with zero attached hydrogens (tertiary/aromatic N) is 3. The minimum absolute atomic E-state index is 0.000803. The number of rotatable bonds is 4. The third-order valence-corrected chi connectivity index (χ3v) is 4.14. The van der Waals surface area contributed by atoms with E-state index in [1.807, 2.05) is 0 Å². The first kappa shape index (κ1) is 16.9. The van der Waals surface area contributed by atoms with E-state index in [9.17, 15) is 9.59 Å². The summed E-state index contributed by atoms with van der Waals surface area (Å²) >= 11 is 0. The molecule has 1 aliphatic rings. The monoisotopic (exact) mass is 339 g/mol. The lowest BCUT2D eigenvalue weighted by Crippen LogP contribution is -2.41. The second kappa shape index (κ2) is 7.74. The number of nitrogens with one attached hydrogen (secondary N) is 2. The Kier molecular flexibility index (Phi) is 5.23. The molecular weight excluding hydrogens is 318 g/mol. The van der Waals surface area contributed by atoms with E-state index in [1.165, 1.54) is 6.92 Å². The Morgan fingerprint density at radius 3 is 2.48 bits per heavy atom. The van der Waals surface area contributed by atoms with Gasteiger partial charge in [-0.2, -0.15) is 0 Å². The van der Waals surface area contributed by atoms with Crippen LogP contribution in [0.3, 0.4) is 0 Å². The quantitative estimate of drug-likeness (QED) is 0.892. The molecule has 25 heavy (non-hydrogen) atoms. The molecular formula is C18H21N5O2. The topological polar surface area (TPSA) is 87.2 Å². The summed E-state index contributed by atoms with van der Waals surface area (Å²) in [7, 11) is 0. The average Bonchev–Trinajstić information content (AvgIpc) is 2.64. The van der Waals surface area contributed by atoms with Crippen molar-refractivity contribution in [3.8, 4) is 0 Å². The van der Waals surface area contributed by atoms with Gasteiger partial charge in [-0.15, -0.1) is 0 Å². The fourth-order valence-electron chi connectivity index (χ4n) is 2.94. The zero-order valence-electron chi connectivity index (χ0n) is 14.1. The van der Waals surface area contributed by atoms with Gasteiger partial charge in [0.05, 0.1) is 12.1 Å². The first-order chi connectivity index (χ1) is 12.1. The number of hydrogen-bond acceptors (Lipinski definition) is 5. The van der Waals surface area contributed by atoms with Crippen molar-refractivity contribution in [3.05, 3.63) is 42.9 Å². The Hall–Kier alpha value is -2.96. The molecule has 130 valence electrons. The molecule has 0 radical (unpaired) electrons. The molecule has 1 saturated heterocycles. The maximum atomic E-state index is 12.6. The smallest absolute Gasteiger partial charge is 0.229 e. The maximum absolute atomic E-state index is 12.6. The number of piperidine rings is 1. The van der Waals surface area contributed by atoms with Crippen molar-refractivity contribution in [3.63, 3.8) is 0 Å². The van der Waals surface area contributed by atoms with Crippen LogP contribution in [0.25, 0.3) is 0 Å². The zero-order chi connectivity index (χ0) is 17.6. The van der Waals surface area contributed by atoms with Gasteiger partial charge < -0.3 is 15.5 Å². The van der Waals surface area contributed by atoms with Gasteiger partial charge in [0.25, 0.3) is 0 Å². The maximum Gasteiger partial charge on any atom is 0.229 e. The Balaban J connectivity index is 1.60. The van der Waals surface area contributed by atoms with Gasteiger partial charge in [-0.25, -0.2) is 4.98 Å². The molecule has 1 aromatic carbocycles. The van der Waals surface area contributed by atoms with Gasteiger partial charge in [0, 0.05) is 43.8 Å². The van der Waals surface area contributed by atoms with Crippen molar-refractivity contribution in [2.45, 2.75) is 19.8 Å². The van der Waals surface area contributed by atoms with E-state index < -0.39 is 0 Å². The molecule has 1 aliphatic heterocycles. The number of carbonyl (C=O) groups excluding carboxylic acids is 2. The lowest BCUT2D eigenvalue weighted by Gasteiger charge is -2.32. The third kappa shape index (κ3) is 4.53. The van der Waals surface area contributed by atoms with Crippen molar-refractivity contribution >= 4 is 29.0 Å². The number of benzene rings is 1. The summed E-state index contributed by atoms with van der Waals surface area (Å²) in [6.45, 7) is 2.98. The Bertz CT molecular complexity index is 733. The van der Waals surface area contributed by atoms with Gasteiger partial charge in [-0.05, 0) is 37.1 Å². The molecule has 1 atom stereocenters. The Morgan fingerprint density at radius 1 is 1.12 bits per heavy atom. The summed E-state index contributed by atoms with van der Waals surface area (Å²) in [5, 5.41) is 5.65. The molecule has 2 amide bonds. The van der Waals surface area contributed by atoms with E-state index in [0.29, 0.717) is 12.2 Å². The van der Waals surface area contributed by atoms with E-state index in [2.05, 4.69) is 25.5 Å². The van der Waals surface area contributed by atoms with Crippen LogP contribution in [0.5, 0.6) is 0 Å². The summed E-state index contributed by atoms with van der Waals surface area (Å²) in [6, 6.07) is 7.10. The summed E-state index contributed by atoms with van der Waals surface area (Å²) in [6.07, 6.45) is 6.82. The number of anilines is 3. The largest absolute Gasteiger partial charge is 0.355 e. The molecule has 0 unspecified atom stereocenters. The lowest BCUT2D eigenvalue weighted by atomic mass is 9.97. The van der Waals surface area contributed by atoms with Crippen LogP contribution in [0.2, 0.25) is 0 Å². The Morgan fingerprint density at radius 2 is 1.84 bits per heavy atom. The highest BCUT2D eigenvalue weighted by Gasteiger charge is 2.26. The molecule has 1 aromatic heterocycles. The highest BCUT2D eigenvalue weighted by molar-refractivity contribution is 5.94. The first-order valence-corrected chi connectivity index (χ1v) is 8.31. The van der Waals surface area contributed by atoms with Crippen molar-refractivity contribution in [1.29, 1.82) is 0 Å². The van der Waals surface area contributed by atoms with Crippen LogP contribution >= 0.6 is 0 Å². The molecule has 2 heterocycles. The van der Waals surface area contributed by atoms with Crippen LogP contribution in [0.4, 0.5) is 17.2 Å².